The normalized spacial score (nSPS) is 36.3. The lowest BCUT2D eigenvalue weighted by molar-refractivity contribution is -0.256. The van der Waals surface area contributed by atoms with Crippen molar-refractivity contribution in [3.63, 3.8) is 0 Å². The zero-order valence-electron chi connectivity index (χ0n) is 19.6. The Kier molecular flexibility index (Phi) is 7.75. The molecule has 1 N–H and O–H groups in total. The fourth-order valence-corrected chi connectivity index (χ4v) is 5.39. The quantitative estimate of drug-likeness (QED) is 0.365. The number of rotatable bonds is 6. The number of hydrogen-bond donors (Lipinski definition) is 1. The summed E-state index contributed by atoms with van der Waals surface area (Å²) in [7, 11) is 0. The molecule has 7 atom stereocenters. The molecule has 0 heterocycles. The van der Waals surface area contributed by atoms with Crippen LogP contribution >= 0.6 is 0 Å². The van der Waals surface area contributed by atoms with E-state index in [-0.39, 0.29) is 42.5 Å². The van der Waals surface area contributed by atoms with Crippen LogP contribution in [0.1, 0.15) is 60.8 Å². The second-order valence-electron chi connectivity index (χ2n) is 9.20. The van der Waals surface area contributed by atoms with Gasteiger partial charge >= 0.3 is 23.9 Å². The Hall–Kier alpha value is -2.42. The van der Waals surface area contributed by atoms with Gasteiger partial charge in [-0.25, -0.2) is 0 Å². The predicted octanol–water partition coefficient (Wildman–Crippen LogP) is 2.09. The highest BCUT2D eigenvalue weighted by atomic mass is 16.6. The highest BCUT2D eigenvalue weighted by Gasteiger charge is 2.67. The van der Waals surface area contributed by atoms with Crippen molar-refractivity contribution in [1.29, 1.82) is 0 Å². The van der Waals surface area contributed by atoms with Gasteiger partial charge in [0, 0.05) is 33.1 Å². The lowest BCUT2D eigenvalue weighted by Crippen LogP contribution is -2.70. The van der Waals surface area contributed by atoms with Gasteiger partial charge in [-0.3, -0.25) is 19.2 Å². The Balaban J connectivity index is 2.57. The molecule has 0 unspecified atom stereocenters. The number of carbonyl (C=O) groups is 4. The molecule has 0 aromatic heterocycles. The molecule has 0 radical (unpaired) electrons. The fourth-order valence-electron chi connectivity index (χ4n) is 5.39. The van der Waals surface area contributed by atoms with Crippen LogP contribution in [-0.2, 0) is 38.1 Å². The van der Waals surface area contributed by atoms with Crippen molar-refractivity contribution in [2.45, 2.75) is 84.7 Å². The number of aliphatic hydroxyl groups is 1. The van der Waals surface area contributed by atoms with E-state index in [0.29, 0.717) is 12.8 Å². The van der Waals surface area contributed by atoms with Crippen LogP contribution in [0.5, 0.6) is 0 Å². The summed E-state index contributed by atoms with van der Waals surface area (Å²) in [5.74, 6) is -2.54. The topological polar surface area (TPSA) is 125 Å². The maximum atomic E-state index is 12.1. The first-order valence-corrected chi connectivity index (χ1v) is 10.8. The molecule has 2 fully saturated rings. The van der Waals surface area contributed by atoms with Crippen molar-refractivity contribution in [3.05, 3.63) is 12.2 Å². The Morgan fingerprint density at radius 2 is 1.47 bits per heavy atom. The van der Waals surface area contributed by atoms with Gasteiger partial charge in [-0.15, -0.1) is 0 Å². The molecule has 2 aliphatic rings. The molecule has 0 spiro atoms. The smallest absolute Gasteiger partial charge is 0.303 e. The van der Waals surface area contributed by atoms with Gasteiger partial charge in [-0.2, -0.15) is 0 Å². The van der Waals surface area contributed by atoms with Crippen LogP contribution in [0.4, 0.5) is 0 Å². The van der Waals surface area contributed by atoms with Crippen LogP contribution in [0.25, 0.3) is 0 Å². The van der Waals surface area contributed by atoms with E-state index in [9.17, 15) is 24.3 Å². The minimum absolute atomic E-state index is 0.0687. The van der Waals surface area contributed by atoms with E-state index in [1.165, 1.54) is 27.7 Å². The third kappa shape index (κ3) is 4.98. The fraction of sp³-hybridized carbons (Fsp3) is 0.739. The first-order valence-electron chi connectivity index (χ1n) is 10.8. The summed E-state index contributed by atoms with van der Waals surface area (Å²) in [6, 6.07) is 0. The summed E-state index contributed by atoms with van der Waals surface area (Å²) in [5, 5.41) is 12.0. The summed E-state index contributed by atoms with van der Waals surface area (Å²) in [6.07, 6.45) is -1.38. The summed E-state index contributed by atoms with van der Waals surface area (Å²) >= 11 is 0. The van der Waals surface area contributed by atoms with Gasteiger partial charge in [0.05, 0.1) is 0 Å². The second kappa shape index (κ2) is 9.60. The van der Waals surface area contributed by atoms with Crippen molar-refractivity contribution >= 4 is 23.9 Å². The van der Waals surface area contributed by atoms with Crippen LogP contribution in [0.3, 0.4) is 0 Å². The number of carbonyl (C=O) groups excluding carboxylic acids is 4. The van der Waals surface area contributed by atoms with Gasteiger partial charge in [0.15, 0.2) is 5.60 Å². The van der Waals surface area contributed by atoms with E-state index in [1.54, 1.807) is 0 Å². The molecule has 180 valence electrons. The van der Waals surface area contributed by atoms with Crippen molar-refractivity contribution in [2.75, 3.05) is 6.61 Å². The van der Waals surface area contributed by atoms with Crippen molar-refractivity contribution in [3.8, 4) is 0 Å². The molecular weight excluding hydrogens is 420 g/mol. The van der Waals surface area contributed by atoms with Gasteiger partial charge in [0.25, 0.3) is 0 Å². The number of fused-ring (bicyclic) bond motifs is 1. The molecule has 0 amide bonds. The Labute approximate surface area is 188 Å². The largest absolute Gasteiger partial charge is 0.463 e. The molecule has 0 aromatic carbocycles. The van der Waals surface area contributed by atoms with E-state index >= 15 is 0 Å². The Bertz CT molecular complexity index is 790. The van der Waals surface area contributed by atoms with Crippen molar-refractivity contribution in [1.82, 2.24) is 0 Å². The Morgan fingerprint density at radius 1 is 0.906 bits per heavy atom. The van der Waals surface area contributed by atoms with Gasteiger partial charge in [0.2, 0.25) is 0 Å². The van der Waals surface area contributed by atoms with Gasteiger partial charge in [0.1, 0.15) is 24.9 Å². The minimum atomic E-state index is -1.99. The monoisotopic (exact) mass is 454 g/mol. The maximum Gasteiger partial charge on any atom is 0.303 e. The summed E-state index contributed by atoms with van der Waals surface area (Å²) in [6.45, 7) is 12.5. The first kappa shape index (κ1) is 25.8. The zero-order chi connectivity index (χ0) is 24.4. The average molecular weight is 455 g/mol. The molecule has 0 aliphatic heterocycles. The van der Waals surface area contributed by atoms with E-state index in [4.69, 9.17) is 18.9 Å². The maximum absolute atomic E-state index is 12.1. The molecular formula is C23H34O9. The molecule has 2 aliphatic carbocycles. The highest BCUT2D eigenvalue weighted by Crippen LogP contribution is 2.59. The average Bonchev–Trinajstić information content (AvgIpc) is 2.64. The molecule has 0 saturated heterocycles. The van der Waals surface area contributed by atoms with Crippen molar-refractivity contribution < 1.29 is 43.2 Å². The van der Waals surface area contributed by atoms with E-state index < -0.39 is 41.1 Å². The standard InChI is InChI=1S/C23H34O9/c1-12-8-19(30-15(4)25)9-18-10-20(31-16(5)26)23(28,13(2)11-29-14(3)24)21(22(12,18)7)32-17(6)27/h12,18-21,28H,2,8-11H2,1,3-7H3/t12-,18+,19+,20-,21-,22+,23+/m0/s1. The van der Waals surface area contributed by atoms with E-state index in [2.05, 4.69) is 6.58 Å². The summed E-state index contributed by atoms with van der Waals surface area (Å²) < 4.78 is 21.7. The SMILES string of the molecule is C=C(COC(C)=O)[C@@]1(O)[C@@H](OC(C)=O)C[C@H]2C[C@H](OC(C)=O)C[C@H](C)[C@@]2(C)[C@@H]1OC(C)=O. The first-order chi connectivity index (χ1) is 14.7. The third-order valence-corrected chi connectivity index (χ3v) is 7.00. The van der Waals surface area contributed by atoms with Crippen molar-refractivity contribution in [2.24, 2.45) is 17.3 Å². The van der Waals surface area contributed by atoms with Gasteiger partial charge in [-0.05, 0) is 36.7 Å². The predicted molar refractivity (Wildman–Crippen MR) is 112 cm³/mol. The van der Waals surface area contributed by atoms with E-state index in [1.807, 2.05) is 13.8 Å². The number of hydrogen-bond acceptors (Lipinski definition) is 9. The van der Waals surface area contributed by atoms with E-state index in [0.717, 1.165) is 0 Å². The minimum Gasteiger partial charge on any atom is -0.463 e. The van der Waals surface area contributed by atoms with Crippen LogP contribution in [-0.4, -0.2) is 59.5 Å². The lowest BCUT2D eigenvalue weighted by Gasteiger charge is -2.61. The molecule has 9 nitrogen and oxygen atoms in total. The number of ether oxygens (including phenoxy) is 4. The lowest BCUT2D eigenvalue weighted by atomic mass is 9.49. The van der Waals surface area contributed by atoms with Crippen LogP contribution in [0, 0.1) is 17.3 Å². The summed E-state index contributed by atoms with van der Waals surface area (Å²) in [4.78, 5) is 46.9. The second-order valence-corrected chi connectivity index (χ2v) is 9.20. The highest BCUT2D eigenvalue weighted by molar-refractivity contribution is 5.68. The number of esters is 4. The Morgan fingerprint density at radius 3 is 1.97 bits per heavy atom. The molecule has 32 heavy (non-hydrogen) atoms. The molecule has 0 bridgehead atoms. The van der Waals surface area contributed by atoms with Gasteiger partial charge in [-0.1, -0.05) is 20.4 Å². The van der Waals surface area contributed by atoms with Gasteiger partial charge < -0.3 is 24.1 Å². The summed E-state index contributed by atoms with van der Waals surface area (Å²) in [5.41, 5.74) is -2.67. The molecule has 2 rings (SSSR count). The zero-order valence-corrected chi connectivity index (χ0v) is 19.6. The van der Waals surface area contributed by atoms with Crippen LogP contribution in [0.2, 0.25) is 0 Å². The molecule has 2 saturated carbocycles. The molecule has 9 heteroatoms. The van der Waals surface area contributed by atoms with Crippen LogP contribution in [0.15, 0.2) is 12.2 Å². The third-order valence-electron chi connectivity index (χ3n) is 7.00. The molecule has 0 aromatic rings. The van der Waals surface area contributed by atoms with Crippen LogP contribution < -0.4 is 0 Å².